The lowest BCUT2D eigenvalue weighted by atomic mass is 10.2. The topological polar surface area (TPSA) is 46.2 Å². The highest BCUT2D eigenvalue weighted by Crippen LogP contribution is 2.28. The van der Waals surface area contributed by atoms with Crippen molar-refractivity contribution in [1.29, 1.82) is 0 Å². The largest absolute Gasteiger partial charge is 0.351 e. The van der Waals surface area contributed by atoms with Crippen molar-refractivity contribution in [2.45, 2.75) is 6.42 Å². The van der Waals surface area contributed by atoms with Gasteiger partial charge in [0.25, 0.3) is 0 Å². The second-order valence-corrected chi connectivity index (χ2v) is 6.22. The van der Waals surface area contributed by atoms with Gasteiger partial charge in [0.05, 0.1) is 0 Å². The molecule has 0 spiro atoms. The second kappa shape index (κ2) is 4.16. The summed E-state index contributed by atoms with van der Waals surface area (Å²) in [5, 5.41) is 0.654. The summed E-state index contributed by atoms with van der Waals surface area (Å²) in [4.78, 5) is 9.46. The first-order valence-electron chi connectivity index (χ1n) is 3.86. The molecule has 0 radical (unpaired) electrons. The Morgan fingerprint density at radius 2 is 2.31 bits per heavy atom. The molecule has 0 aliphatic rings. The molecule has 0 saturated carbocycles. The van der Waals surface area contributed by atoms with E-state index in [2.05, 4.69) is 6.58 Å². The summed E-state index contributed by atoms with van der Waals surface area (Å²) in [6, 6.07) is 7.39. The van der Waals surface area contributed by atoms with E-state index in [0.29, 0.717) is 5.30 Å². The Balaban J connectivity index is 3.05. The van der Waals surface area contributed by atoms with Crippen LogP contribution in [0, 0.1) is 0 Å². The van der Waals surface area contributed by atoms with Crippen molar-refractivity contribution in [1.82, 2.24) is 0 Å². The fourth-order valence-electron chi connectivity index (χ4n) is 1.05. The third-order valence-electron chi connectivity index (χ3n) is 1.66. The molecule has 0 aliphatic carbocycles. The van der Waals surface area contributed by atoms with Crippen molar-refractivity contribution in [3.8, 4) is 0 Å². The average molecular weight is 213 g/mol. The molecule has 13 heavy (non-hydrogen) atoms. The first-order valence-corrected chi connectivity index (χ1v) is 6.68. The van der Waals surface area contributed by atoms with E-state index in [-0.39, 0.29) is 0 Å². The molecule has 0 amide bonds. The van der Waals surface area contributed by atoms with Gasteiger partial charge in [-0.05, 0) is 29.9 Å². The van der Waals surface area contributed by atoms with Crippen LogP contribution >= 0.6 is 6.42 Å². The van der Waals surface area contributed by atoms with E-state index in [0.717, 1.165) is 12.0 Å². The molecule has 70 valence electrons. The summed E-state index contributed by atoms with van der Waals surface area (Å²) in [5.74, 6) is 0. The first-order chi connectivity index (χ1) is 6.04. The lowest BCUT2D eigenvalue weighted by Crippen LogP contribution is -2.10. The van der Waals surface area contributed by atoms with E-state index < -0.39 is 6.42 Å². The Labute approximate surface area is 83.2 Å². The number of hydrogen-bond acceptors (Lipinski definition) is 1. The minimum absolute atomic E-state index is 0.654. The van der Waals surface area contributed by atoms with Gasteiger partial charge in [-0.1, -0.05) is 24.3 Å². The van der Waals surface area contributed by atoms with Crippen LogP contribution in [0.2, 0.25) is 0 Å². The minimum Gasteiger partial charge on any atom is -0.351 e. The SMILES string of the molecule is C=CCc1cccc(P(N)(O)=S)c1. The highest BCUT2D eigenvalue weighted by Gasteiger charge is 2.08. The summed E-state index contributed by atoms with van der Waals surface area (Å²) in [6.45, 7) is 3.64. The minimum atomic E-state index is -2.77. The predicted molar refractivity (Wildman–Crippen MR) is 60.7 cm³/mol. The van der Waals surface area contributed by atoms with Gasteiger partial charge in [-0.3, -0.25) is 5.50 Å². The molecule has 1 unspecified atom stereocenters. The number of rotatable bonds is 3. The number of allylic oxidation sites excluding steroid dienone is 1. The van der Waals surface area contributed by atoms with Crippen molar-refractivity contribution in [3.63, 3.8) is 0 Å². The molecule has 0 aromatic heterocycles. The number of nitrogens with two attached hydrogens (primary N) is 1. The van der Waals surface area contributed by atoms with Crippen LogP contribution in [0.1, 0.15) is 5.56 Å². The maximum absolute atomic E-state index is 9.46. The fraction of sp³-hybridized carbons (Fsp3) is 0.111. The fourth-order valence-corrected chi connectivity index (χ4v) is 2.04. The van der Waals surface area contributed by atoms with E-state index in [9.17, 15) is 4.89 Å². The molecule has 1 aromatic carbocycles. The molecular formula is C9H12NOPS. The standard InChI is InChI=1S/C9H12NOPS/c1-2-4-8-5-3-6-9(7-8)12(10,11)13/h2-3,5-7H,1,4H2,(H3,10,11,13). The molecule has 1 rings (SSSR count). The van der Waals surface area contributed by atoms with Gasteiger partial charge in [0.1, 0.15) is 0 Å². The zero-order chi connectivity index (χ0) is 9.90. The van der Waals surface area contributed by atoms with Crippen molar-refractivity contribution < 1.29 is 4.89 Å². The number of benzene rings is 1. The van der Waals surface area contributed by atoms with Crippen LogP contribution < -0.4 is 10.8 Å². The van der Waals surface area contributed by atoms with Gasteiger partial charge >= 0.3 is 0 Å². The Morgan fingerprint density at radius 3 is 2.85 bits per heavy atom. The van der Waals surface area contributed by atoms with Gasteiger partial charge in [0.2, 0.25) is 0 Å². The predicted octanol–water partition coefficient (Wildman–Crippen LogP) is 1.30. The van der Waals surface area contributed by atoms with Crippen LogP contribution in [0.25, 0.3) is 0 Å². The van der Waals surface area contributed by atoms with Crippen LogP contribution in [-0.2, 0) is 18.2 Å². The molecule has 4 heteroatoms. The molecule has 2 nitrogen and oxygen atoms in total. The average Bonchev–Trinajstić information content (AvgIpc) is 2.04. The van der Waals surface area contributed by atoms with Gasteiger partial charge in [-0.2, -0.15) is 0 Å². The molecule has 0 saturated heterocycles. The van der Waals surface area contributed by atoms with Crippen LogP contribution in [0.4, 0.5) is 0 Å². The van der Waals surface area contributed by atoms with Crippen molar-refractivity contribution >= 4 is 23.5 Å². The third kappa shape index (κ3) is 3.05. The summed E-state index contributed by atoms with van der Waals surface area (Å²) >= 11 is 4.81. The molecule has 0 heterocycles. The van der Waals surface area contributed by atoms with Crippen molar-refractivity contribution in [2.24, 2.45) is 5.50 Å². The Kier molecular flexibility index (Phi) is 3.40. The van der Waals surface area contributed by atoms with Crippen LogP contribution in [-0.4, -0.2) is 4.89 Å². The first kappa shape index (κ1) is 10.6. The van der Waals surface area contributed by atoms with Crippen LogP contribution in [0.3, 0.4) is 0 Å². The highest BCUT2D eigenvalue weighted by atomic mass is 32.4. The molecule has 0 aliphatic heterocycles. The third-order valence-corrected chi connectivity index (χ3v) is 3.31. The second-order valence-electron chi connectivity index (χ2n) is 2.79. The van der Waals surface area contributed by atoms with E-state index in [4.69, 9.17) is 17.3 Å². The molecule has 1 aromatic rings. The number of hydrogen-bond donors (Lipinski definition) is 2. The smallest absolute Gasteiger partial charge is 0.153 e. The van der Waals surface area contributed by atoms with Crippen LogP contribution in [0.5, 0.6) is 0 Å². The van der Waals surface area contributed by atoms with Crippen molar-refractivity contribution in [3.05, 3.63) is 42.5 Å². The van der Waals surface area contributed by atoms with E-state index in [1.807, 2.05) is 18.2 Å². The van der Waals surface area contributed by atoms with E-state index in [1.54, 1.807) is 12.1 Å². The summed E-state index contributed by atoms with van der Waals surface area (Å²) in [5.41, 5.74) is 6.55. The molecular weight excluding hydrogens is 201 g/mol. The van der Waals surface area contributed by atoms with Gasteiger partial charge in [-0.25, -0.2) is 0 Å². The molecule has 0 fully saturated rings. The van der Waals surface area contributed by atoms with Crippen molar-refractivity contribution in [2.75, 3.05) is 0 Å². The maximum atomic E-state index is 9.46. The van der Waals surface area contributed by atoms with Crippen LogP contribution in [0.15, 0.2) is 36.9 Å². The van der Waals surface area contributed by atoms with E-state index in [1.165, 1.54) is 0 Å². The summed E-state index contributed by atoms with van der Waals surface area (Å²) < 4.78 is 0. The zero-order valence-corrected chi connectivity index (χ0v) is 8.89. The lowest BCUT2D eigenvalue weighted by Gasteiger charge is -2.09. The Morgan fingerprint density at radius 1 is 1.62 bits per heavy atom. The molecule has 3 N–H and O–H groups in total. The van der Waals surface area contributed by atoms with Gasteiger partial charge in [-0.15, -0.1) is 6.58 Å². The Hall–Kier alpha value is -0.470. The van der Waals surface area contributed by atoms with E-state index >= 15 is 0 Å². The van der Waals surface area contributed by atoms with Gasteiger partial charge in [0, 0.05) is 5.30 Å². The van der Waals surface area contributed by atoms with Gasteiger partial charge in [0.15, 0.2) is 6.42 Å². The normalized spacial score (nSPS) is 14.9. The summed E-state index contributed by atoms with van der Waals surface area (Å²) in [6.07, 6.45) is -0.201. The van der Waals surface area contributed by atoms with Gasteiger partial charge < -0.3 is 4.89 Å². The highest BCUT2D eigenvalue weighted by molar-refractivity contribution is 8.14. The molecule has 1 atom stereocenters. The quantitative estimate of drug-likeness (QED) is 0.587. The monoisotopic (exact) mass is 213 g/mol. The Bertz CT molecular complexity index is 358. The summed E-state index contributed by atoms with van der Waals surface area (Å²) in [7, 11) is 0. The maximum Gasteiger partial charge on any atom is 0.153 e. The lowest BCUT2D eigenvalue weighted by molar-refractivity contribution is 0.634. The molecule has 0 bridgehead atoms. The zero-order valence-electron chi connectivity index (χ0n) is 7.18.